The van der Waals surface area contributed by atoms with Crippen LogP contribution in [-0.2, 0) is 6.42 Å². The fraction of sp³-hybridized carbons (Fsp3) is 0.429. The molecule has 0 N–H and O–H groups in total. The maximum atomic E-state index is 6.43. The molecule has 0 fully saturated rings. The summed E-state index contributed by atoms with van der Waals surface area (Å²) in [5.74, 6) is 1.68. The van der Waals surface area contributed by atoms with Gasteiger partial charge in [0.15, 0.2) is 0 Å². The summed E-state index contributed by atoms with van der Waals surface area (Å²) in [6.45, 7) is 2.91. The first-order valence-corrected chi connectivity index (χ1v) is 9.74. The van der Waals surface area contributed by atoms with Crippen molar-refractivity contribution in [3.05, 3.63) is 53.1 Å². The molecule has 0 aliphatic heterocycles. The van der Waals surface area contributed by atoms with E-state index < -0.39 is 0 Å². The Kier molecular flexibility index (Phi) is 8.49. The molecule has 2 rings (SSSR count). The van der Waals surface area contributed by atoms with Gasteiger partial charge in [0.1, 0.15) is 5.75 Å². The Morgan fingerprint density at radius 1 is 0.917 bits per heavy atom. The highest BCUT2D eigenvalue weighted by Crippen LogP contribution is 2.33. The van der Waals surface area contributed by atoms with Gasteiger partial charge in [-0.2, -0.15) is 0 Å². The minimum absolute atomic E-state index is 0.757. The molecule has 0 radical (unpaired) electrons. The fourth-order valence-electron chi connectivity index (χ4n) is 2.85. The molecule has 0 heterocycles. The van der Waals surface area contributed by atoms with E-state index in [9.17, 15) is 0 Å². The van der Waals surface area contributed by atoms with Crippen LogP contribution in [0, 0.1) is 0 Å². The lowest BCUT2D eigenvalue weighted by molar-refractivity contribution is 0.304. The monoisotopic (exact) mass is 364 g/mol. The first-order chi connectivity index (χ1) is 11.8. The van der Waals surface area contributed by atoms with E-state index in [0.717, 1.165) is 53.6 Å². The molecule has 0 aliphatic carbocycles. The van der Waals surface area contributed by atoms with Crippen molar-refractivity contribution < 1.29 is 4.74 Å². The first kappa shape index (κ1) is 19.1. The number of ether oxygens (including phenoxy) is 1. The van der Waals surface area contributed by atoms with Gasteiger partial charge in [-0.05, 0) is 48.6 Å². The number of halogens is 2. The normalized spacial score (nSPS) is 10.8. The van der Waals surface area contributed by atoms with Crippen molar-refractivity contribution in [2.45, 2.75) is 45.4 Å². The molecule has 0 unspecified atom stereocenters. The lowest BCUT2D eigenvalue weighted by atomic mass is 9.98. The van der Waals surface area contributed by atoms with Crippen molar-refractivity contribution in [1.82, 2.24) is 0 Å². The van der Waals surface area contributed by atoms with Crippen LogP contribution in [0.1, 0.15) is 44.6 Å². The van der Waals surface area contributed by atoms with Crippen LogP contribution in [-0.4, -0.2) is 12.5 Å². The maximum Gasteiger partial charge on any atom is 0.119 e. The average molecular weight is 365 g/mol. The minimum atomic E-state index is 0.757. The molecule has 0 amide bonds. The summed E-state index contributed by atoms with van der Waals surface area (Å²) in [7, 11) is 0. The van der Waals surface area contributed by atoms with Crippen LogP contribution in [0.2, 0.25) is 5.02 Å². The molecular formula is C21H26Cl2O. The molecule has 3 heteroatoms. The third kappa shape index (κ3) is 5.72. The van der Waals surface area contributed by atoms with E-state index >= 15 is 0 Å². The highest BCUT2D eigenvalue weighted by Gasteiger charge is 2.09. The van der Waals surface area contributed by atoms with E-state index in [1.165, 1.54) is 24.8 Å². The Balaban J connectivity index is 1.95. The lowest BCUT2D eigenvalue weighted by Gasteiger charge is -2.12. The summed E-state index contributed by atoms with van der Waals surface area (Å²) in [5.41, 5.74) is 3.50. The topological polar surface area (TPSA) is 9.23 Å². The van der Waals surface area contributed by atoms with Gasteiger partial charge in [-0.25, -0.2) is 0 Å². The van der Waals surface area contributed by atoms with Crippen molar-refractivity contribution >= 4 is 23.2 Å². The number of unbranched alkanes of at least 4 members (excludes halogenated alkanes) is 4. The summed E-state index contributed by atoms with van der Waals surface area (Å²) in [4.78, 5) is 0. The molecule has 1 nitrogen and oxygen atoms in total. The Morgan fingerprint density at radius 3 is 2.46 bits per heavy atom. The summed E-state index contributed by atoms with van der Waals surface area (Å²) in [6, 6.07) is 14.3. The van der Waals surface area contributed by atoms with Gasteiger partial charge >= 0.3 is 0 Å². The molecule has 0 bridgehead atoms. The highest BCUT2D eigenvalue weighted by atomic mass is 35.5. The first-order valence-electron chi connectivity index (χ1n) is 8.83. The van der Waals surface area contributed by atoms with Gasteiger partial charge in [-0.15, -0.1) is 11.6 Å². The number of benzene rings is 2. The number of hydrogen-bond acceptors (Lipinski definition) is 1. The molecule has 0 atom stereocenters. The Morgan fingerprint density at radius 2 is 1.67 bits per heavy atom. The van der Waals surface area contributed by atoms with Crippen molar-refractivity contribution in [1.29, 1.82) is 0 Å². The predicted octanol–water partition coefficient (Wildman–Crippen LogP) is 7.14. The average Bonchev–Trinajstić information content (AvgIpc) is 2.61. The third-order valence-electron chi connectivity index (χ3n) is 4.15. The molecule has 0 aliphatic rings. The highest BCUT2D eigenvalue weighted by molar-refractivity contribution is 6.33. The predicted molar refractivity (Wildman–Crippen MR) is 106 cm³/mol. The van der Waals surface area contributed by atoms with Crippen LogP contribution in [0.5, 0.6) is 5.75 Å². The summed E-state index contributed by atoms with van der Waals surface area (Å²) >= 11 is 12.1. The molecule has 2 aromatic carbocycles. The number of rotatable bonds is 10. The molecule has 24 heavy (non-hydrogen) atoms. The van der Waals surface area contributed by atoms with Crippen LogP contribution in [0.3, 0.4) is 0 Å². The van der Waals surface area contributed by atoms with Crippen molar-refractivity contribution in [2.24, 2.45) is 0 Å². The van der Waals surface area contributed by atoms with Crippen LogP contribution in [0.25, 0.3) is 11.1 Å². The van der Waals surface area contributed by atoms with Gasteiger partial charge in [-0.3, -0.25) is 0 Å². The zero-order valence-electron chi connectivity index (χ0n) is 14.4. The van der Waals surface area contributed by atoms with E-state index in [1.54, 1.807) is 0 Å². The Hall–Kier alpha value is -1.18. The van der Waals surface area contributed by atoms with Crippen molar-refractivity contribution in [3.8, 4) is 16.9 Å². The summed E-state index contributed by atoms with van der Waals surface area (Å²) in [5, 5.41) is 0.797. The van der Waals surface area contributed by atoms with E-state index in [0.29, 0.717) is 0 Å². The standard InChI is InChI=1S/C21H26Cl2O/c1-2-17-10-9-13-20(23)21(17)18-11-8-12-19(16-18)24-15-7-5-3-4-6-14-22/h8-13,16H,2-7,14-15H2,1H3. The van der Waals surface area contributed by atoms with Crippen LogP contribution in [0.15, 0.2) is 42.5 Å². The van der Waals surface area contributed by atoms with Crippen molar-refractivity contribution in [3.63, 3.8) is 0 Å². The molecule has 0 saturated heterocycles. The van der Waals surface area contributed by atoms with Gasteiger partial charge < -0.3 is 4.74 Å². The van der Waals surface area contributed by atoms with Gasteiger partial charge in [0, 0.05) is 16.5 Å². The second-order valence-corrected chi connectivity index (χ2v) is 6.75. The zero-order chi connectivity index (χ0) is 17.2. The number of hydrogen-bond donors (Lipinski definition) is 0. The molecule has 130 valence electrons. The zero-order valence-corrected chi connectivity index (χ0v) is 15.9. The second-order valence-electron chi connectivity index (χ2n) is 5.96. The SMILES string of the molecule is CCc1cccc(Cl)c1-c1cccc(OCCCCCCCCl)c1. The Bertz CT molecular complexity index is 625. The van der Waals surface area contributed by atoms with Gasteiger partial charge in [0.05, 0.1) is 6.61 Å². The molecular weight excluding hydrogens is 339 g/mol. The van der Waals surface area contributed by atoms with Crippen LogP contribution < -0.4 is 4.74 Å². The molecule has 0 saturated carbocycles. The quantitative estimate of drug-likeness (QED) is 0.321. The third-order valence-corrected chi connectivity index (χ3v) is 4.73. The van der Waals surface area contributed by atoms with Crippen LogP contribution in [0.4, 0.5) is 0 Å². The molecule has 0 aromatic heterocycles. The van der Waals surface area contributed by atoms with Crippen LogP contribution >= 0.6 is 23.2 Å². The number of alkyl halides is 1. The smallest absolute Gasteiger partial charge is 0.119 e. The Labute approximate surface area is 155 Å². The van der Waals surface area contributed by atoms with Gasteiger partial charge in [-0.1, -0.05) is 62.1 Å². The minimum Gasteiger partial charge on any atom is -0.494 e. The van der Waals surface area contributed by atoms with E-state index in [-0.39, 0.29) is 0 Å². The maximum absolute atomic E-state index is 6.43. The molecule has 0 spiro atoms. The summed E-state index contributed by atoms with van der Waals surface area (Å²) < 4.78 is 5.92. The van der Waals surface area contributed by atoms with Crippen molar-refractivity contribution in [2.75, 3.05) is 12.5 Å². The van der Waals surface area contributed by atoms with E-state index in [1.807, 2.05) is 24.3 Å². The molecule has 2 aromatic rings. The largest absolute Gasteiger partial charge is 0.494 e. The fourth-order valence-corrected chi connectivity index (χ4v) is 3.34. The van der Waals surface area contributed by atoms with Gasteiger partial charge in [0.2, 0.25) is 0 Å². The van der Waals surface area contributed by atoms with Gasteiger partial charge in [0.25, 0.3) is 0 Å². The lowest BCUT2D eigenvalue weighted by Crippen LogP contribution is -1.98. The summed E-state index contributed by atoms with van der Waals surface area (Å²) in [6.07, 6.45) is 6.80. The van der Waals surface area contributed by atoms with E-state index in [4.69, 9.17) is 27.9 Å². The number of aryl methyl sites for hydroxylation is 1. The van der Waals surface area contributed by atoms with E-state index in [2.05, 4.69) is 25.1 Å². The second kappa shape index (κ2) is 10.6.